The summed E-state index contributed by atoms with van der Waals surface area (Å²) in [6, 6.07) is 15.2. The van der Waals surface area contributed by atoms with Gasteiger partial charge in [0.15, 0.2) is 0 Å². The number of sulfonamides is 1. The first-order valence-electron chi connectivity index (χ1n) is 13.8. The monoisotopic (exact) mass is 574 g/mol. The first-order chi connectivity index (χ1) is 18.7. The van der Waals surface area contributed by atoms with Crippen molar-refractivity contribution in [3.05, 3.63) is 65.7 Å². The lowest BCUT2D eigenvalue weighted by atomic mass is 9.91. The number of benzene rings is 2. The Hall–Kier alpha value is -2.79. The van der Waals surface area contributed by atoms with E-state index in [9.17, 15) is 23.1 Å². The number of likely N-dealkylation sites (N-methyl/N-ethyl adjacent to an activating group) is 1. The molecule has 0 bridgehead atoms. The molecule has 2 atom stereocenters. The van der Waals surface area contributed by atoms with E-state index in [1.807, 2.05) is 57.2 Å². The maximum atomic E-state index is 13.5. The van der Waals surface area contributed by atoms with Crippen LogP contribution >= 0.6 is 0 Å². The van der Waals surface area contributed by atoms with Gasteiger partial charge in [0.2, 0.25) is 15.9 Å². The Kier molecular flexibility index (Phi) is 12.8. The number of aliphatic hydroxyl groups is 1. The van der Waals surface area contributed by atoms with Gasteiger partial charge in [-0.15, -0.1) is 0 Å². The smallest absolute Gasteiger partial charge is 0.252 e. The molecule has 0 heterocycles. The Morgan fingerprint density at radius 2 is 1.62 bits per heavy atom. The zero-order chi connectivity index (χ0) is 29.9. The molecule has 0 aliphatic rings. The van der Waals surface area contributed by atoms with E-state index >= 15 is 0 Å². The first-order valence-corrected chi connectivity index (χ1v) is 15.3. The average Bonchev–Trinajstić information content (AvgIpc) is 2.88. The predicted molar refractivity (Wildman–Crippen MR) is 158 cm³/mol. The van der Waals surface area contributed by atoms with Gasteiger partial charge < -0.3 is 10.4 Å². The number of hydrogen-bond donors (Lipinski definition) is 4. The number of hydrazine groups is 1. The van der Waals surface area contributed by atoms with E-state index in [0.717, 1.165) is 12.0 Å². The highest BCUT2D eigenvalue weighted by molar-refractivity contribution is 7.89. The van der Waals surface area contributed by atoms with Gasteiger partial charge in [-0.25, -0.2) is 18.1 Å². The molecule has 2 amide bonds. The van der Waals surface area contributed by atoms with Crippen LogP contribution in [0.4, 0.5) is 0 Å². The first kappa shape index (κ1) is 33.4. The Balaban J connectivity index is 2.37. The second-order valence-corrected chi connectivity index (χ2v) is 13.5. The largest absolute Gasteiger partial charge is 0.390 e. The molecule has 0 aliphatic carbocycles. The third kappa shape index (κ3) is 11.0. The third-order valence-electron chi connectivity index (χ3n) is 6.33. The molecule has 10 heteroatoms. The summed E-state index contributed by atoms with van der Waals surface area (Å²) in [5.41, 5.74) is 3.80. The minimum absolute atomic E-state index is 0.0345. The molecule has 0 unspecified atom stereocenters. The van der Waals surface area contributed by atoms with Crippen molar-refractivity contribution in [2.75, 3.05) is 20.1 Å². The van der Waals surface area contributed by atoms with Gasteiger partial charge in [0.1, 0.15) is 0 Å². The zero-order valence-corrected chi connectivity index (χ0v) is 25.4. The van der Waals surface area contributed by atoms with Crippen molar-refractivity contribution in [1.29, 1.82) is 0 Å². The minimum Gasteiger partial charge on any atom is -0.390 e. The third-order valence-corrected chi connectivity index (χ3v) is 7.86. The van der Waals surface area contributed by atoms with Crippen LogP contribution in [0.15, 0.2) is 59.5 Å². The summed E-state index contributed by atoms with van der Waals surface area (Å²) in [5, 5.41) is 15.3. The van der Waals surface area contributed by atoms with Crippen molar-refractivity contribution >= 4 is 21.8 Å². The lowest BCUT2D eigenvalue weighted by Gasteiger charge is -2.36. The lowest BCUT2D eigenvalue weighted by molar-refractivity contribution is -0.148. The molecule has 0 aliphatic heterocycles. The lowest BCUT2D eigenvalue weighted by Crippen LogP contribution is -2.60. The fraction of sp³-hybridized carbons (Fsp3) is 0.533. The fourth-order valence-corrected chi connectivity index (χ4v) is 5.60. The number of nitrogens with one attached hydrogen (secondary N) is 3. The van der Waals surface area contributed by atoms with Crippen LogP contribution < -0.4 is 15.5 Å². The molecule has 0 spiro atoms. The van der Waals surface area contributed by atoms with Crippen molar-refractivity contribution in [2.24, 2.45) is 11.3 Å². The van der Waals surface area contributed by atoms with Crippen molar-refractivity contribution in [3.8, 4) is 0 Å². The molecule has 0 fully saturated rings. The second kappa shape index (κ2) is 15.3. The second-order valence-electron chi connectivity index (χ2n) is 11.8. The number of rotatable bonds is 14. The summed E-state index contributed by atoms with van der Waals surface area (Å²) < 4.78 is 29.3. The Bertz CT molecular complexity index is 1200. The van der Waals surface area contributed by atoms with Crippen LogP contribution in [-0.4, -0.2) is 62.6 Å². The predicted octanol–water partition coefficient (Wildman–Crippen LogP) is 3.04. The van der Waals surface area contributed by atoms with Gasteiger partial charge in [-0.1, -0.05) is 83.1 Å². The van der Waals surface area contributed by atoms with E-state index in [-0.39, 0.29) is 42.1 Å². The van der Waals surface area contributed by atoms with E-state index in [2.05, 4.69) is 29.3 Å². The van der Waals surface area contributed by atoms with Crippen molar-refractivity contribution in [3.63, 3.8) is 0 Å². The summed E-state index contributed by atoms with van der Waals surface area (Å²) in [6.45, 7) is 9.51. The van der Waals surface area contributed by atoms with Gasteiger partial charge in [0.05, 0.1) is 23.6 Å². The van der Waals surface area contributed by atoms with Gasteiger partial charge in [-0.3, -0.25) is 15.0 Å². The van der Waals surface area contributed by atoms with Gasteiger partial charge in [0.25, 0.3) is 5.91 Å². The molecule has 9 nitrogen and oxygen atoms in total. The molecule has 2 aromatic carbocycles. The summed E-state index contributed by atoms with van der Waals surface area (Å²) in [5.74, 6) is -0.410. The van der Waals surface area contributed by atoms with Crippen LogP contribution in [0.2, 0.25) is 0 Å². The Labute approximate surface area is 239 Å². The molecule has 2 aromatic rings. The number of amides is 2. The SMILES string of the molecule is CNCC(=O)NN(C(=O)CC(C)(C)C)[C@@H](Cc1ccccc1)[C@H](O)CNS(=O)(=O)c1ccccc1CCC(C)C. The van der Waals surface area contributed by atoms with Crippen LogP contribution in [0, 0.1) is 11.3 Å². The number of carbonyl (C=O) groups excluding carboxylic acids is 2. The Morgan fingerprint density at radius 1 is 1.00 bits per heavy atom. The summed E-state index contributed by atoms with van der Waals surface area (Å²) in [7, 11) is -2.34. The highest BCUT2D eigenvalue weighted by Crippen LogP contribution is 2.23. The molecule has 2 rings (SSSR count). The van der Waals surface area contributed by atoms with E-state index in [1.165, 1.54) is 5.01 Å². The molecule has 0 aromatic heterocycles. The van der Waals surface area contributed by atoms with E-state index < -0.39 is 28.1 Å². The number of aryl methyl sites for hydroxylation is 1. The number of aliphatic hydroxyl groups excluding tert-OH is 1. The van der Waals surface area contributed by atoms with E-state index in [4.69, 9.17) is 0 Å². The molecule has 222 valence electrons. The number of hydrogen-bond acceptors (Lipinski definition) is 6. The van der Waals surface area contributed by atoms with Crippen LogP contribution in [0.5, 0.6) is 0 Å². The fourth-order valence-electron chi connectivity index (χ4n) is 4.28. The van der Waals surface area contributed by atoms with E-state index in [0.29, 0.717) is 17.9 Å². The van der Waals surface area contributed by atoms with Crippen molar-refractivity contribution < 1.29 is 23.1 Å². The maximum Gasteiger partial charge on any atom is 0.252 e. The number of carbonyl (C=O) groups is 2. The van der Waals surface area contributed by atoms with Crippen LogP contribution in [0.3, 0.4) is 0 Å². The normalized spacial score (nSPS) is 13.6. The molecule has 40 heavy (non-hydrogen) atoms. The number of nitrogens with zero attached hydrogens (tertiary/aromatic N) is 1. The van der Waals surface area contributed by atoms with Crippen molar-refractivity contribution in [2.45, 2.75) is 77.3 Å². The summed E-state index contributed by atoms with van der Waals surface area (Å²) in [4.78, 5) is 26.2. The molecule has 0 saturated carbocycles. The van der Waals surface area contributed by atoms with Crippen LogP contribution in [0.1, 0.15) is 58.6 Å². The van der Waals surface area contributed by atoms with Crippen LogP contribution in [0.25, 0.3) is 0 Å². The van der Waals surface area contributed by atoms with Gasteiger partial charge in [-0.2, -0.15) is 0 Å². The maximum absolute atomic E-state index is 13.5. The summed E-state index contributed by atoms with van der Waals surface area (Å²) in [6.07, 6.45) is 0.438. The molecular formula is C30H46N4O5S. The van der Waals surface area contributed by atoms with Gasteiger partial charge in [0, 0.05) is 13.0 Å². The van der Waals surface area contributed by atoms with Gasteiger partial charge in [-0.05, 0) is 54.8 Å². The van der Waals surface area contributed by atoms with Crippen molar-refractivity contribution in [1.82, 2.24) is 20.5 Å². The Morgan fingerprint density at radius 3 is 2.23 bits per heavy atom. The quantitative estimate of drug-likeness (QED) is 0.257. The highest BCUT2D eigenvalue weighted by atomic mass is 32.2. The summed E-state index contributed by atoms with van der Waals surface area (Å²) >= 11 is 0. The molecule has 4 N–H and O–H groups in total. The van der Waals surface area contributed by atoms with Gasteiger partial charge >= 0.3 is 0 Å². The minimum atomic E-state index is -3.96. The molecule has 0 saturated heterocycles. The zero-order valence-electron chi connectivity index (χ0n) is 24.6. The van der Waals surface area contributed by atoms with E-state index in [1.54, 1.807) is 25.2 Å². The highest BCUT2D eigenvalue weighted by Gasteiger charge is 2.34. The average molecular weight is 575 g/mol. The topological polar surface area (TPSA) is 128 Å². The molecule has 0 radical (unpaired) electrons. The molecular weight excluding hydrogens is 528 g/mol. The standard InChI is InChI=1S/C30H46N4O5S/c1-22(2)16-17-24-14-10-11-15-27(24)40(38,39)32-20-26(35)25(18-23-12-8-7-9-13-23)34(33-28(36)21-31-6)29(37)19-30(3,4)5/h7-15,22,25-26,31-32,35H,16-21H2,1-6H3,(H,33,36)/t25-,26+/m0/s1. The van der Waals surface area contributed by atoms with Crippen LogP contribution in [-0.2, 0) is 32.5 Å².